The van der Waals surface area contributed by atoms with E-state index in [2.05, 4.69) is 28.4 Å². The molecule has 2 fully saturated rings. The van der Waals surface area contributed by atoms with Crippen LogP contribution in [-0.2, 0) is 0 Å². The van der Waals surface area contributed by atoms with Crippen LogP contribution in [0, 0.1) is 5.41 Å². The van der Waals surface area contributed by atoms with E-state index >= 15 is 0 Å². The van der Waals surface area contributed by atoms with E-state index in [4.69, 9.17) is 4.74 Å². The number of piperidine rings is 1. The third-order valence-corrected chi connectivity index (χ3v) is 7.66. The molecule has 1 unspecified atom stereocenters. The number of aliphatic hydroxyl groups excluding tert-OH is 1. The fourth-order valence-electron chi connectivity index (χ4n) is 3.69. The van der Waals surface area contributed by atoms with Crippen LogP contribution in [-0.4, -0.2) is 65.4 Å². The van der Waals surface area contributed by atoms with Crippen LogP contribution in [0.1, 0.15) is 19.3 Å². The molecule has 2 aliphatic heterocycles. The van der Waals surface area contributed by atoms with Gasteiger partial charge in [0.25, 0.3) is 0 Å². The van der Waals surface area contributed by atoms with Crippen LogP contribution < -0.4 is 4.74 Å². The lowest BCUT2D eigenvalue weighted by atomic mass is 9.77. The number of ether oxygens (including phenoxy) is 1. The van der Waals surface area contributed by atoms with Gasteiger partial charge in [0, 0.05) is 41.0 Å². The molecule has 24 heavy (non-hydrogen) atoms. The first kappa shape index (κ1) is 18.4. The summed E-state index contributed by atoms with van der Waals surface area (Å²) in [6, 6.07) is 10.7. The molecule has 0 bridgehead atoms. The molecule has 5 heteroatoms. The Kier molecular flexibility index (Phi) is 7.20. The molecule has 0 amide bonds. The van der Waals surface area contributed by atoms with Crippen LogP contribution in [0.15, 0.2) is 30.3 Å². The lowest BCUT2D eigenvalue weighted by Gasteiger charge is -2.44. The van der Waals surface area contributed by atoms with Gasteiger partial charge in [0.2, 0.25) is 0 Å². The Morgan fingerprint density at radius 2 is 1.92 bits per heavy atom. The Labute approximate surface area is 154 Å². The molecule has 2 heterocycles. The largest absolute Gasteiger partial charge is 0.494 e. The first-order valence-electron chi connectivity index (χ1n) is 9.00. The van der Waals surface area contributed by atoms with Crippen molar-refractivity contribution in [3.63, 3.8) is 0 Å². The van der Waals surface area contributed by atoms with Gasteiger partial charge in [-0.2, -0.15) is 23.5 Å². The molecule has 0 saturated carbocycles. The molecule has 2 aliphatic rings. The van der Waals surface area contributed by atoms with Crippen molar-refractivity contribution in [1.82, 2.24) is 4.90 Å². The molecule has 3 rings (SSSR count). The van der Waals surface area contributed by atoms with Crippen molar-refractivity contribution in [2.75, 3.05) is 49.3 Å². The summed E-state index contributed by atoms with van der Waals surface area (Å²) in [7, 11) is 0. The molecule has 2 saturated heterocycles. The van der Waals surface area contributed by atoms with E-state index in [0.717, 1.165) is 25.1 Å². The Balaban J connectivity index is 1.54. The fraction of sp³-hybridized carbons (Fsp3) is 0.684. The van der Waals surface area contributed by atoms with Gasteiger partial charge in [-0.1, -0.05) is 18.2 Å². The second-order valence-electron chi connectivity index (χ2n) is 6.95. The summed E-state index contributed by atoms with van der Waals surface area (Å²) in [5.41, 5.74) is 0.00860. The molecular formula is C19H29NO2S2. The quantitative estimate of drug-likeness (QED) is 0.833. The molecule has 1 aromatic carbocycles. The van der Waals surface area contributed by atoms with Gasteiger partial charge in [-0.25, -0.2) is 0 Å². The molecule has 134 valence electrons. The highest BCUT2D eigenvalue weighted by molar-refractivity contribution is 8.03. The van der Waals surface area contributed by atoms with Crippen molar-refractivity contribution < 1.29 is 9.84 Å². The minimum atomic E-state index is 0.00860. The van der Waals surface area contributed by atoms with Crippen LogP contribution in [0.2, 0.25) is 0 Å². The van der Waals surface area contributed by atoms with Gasteiger partial charge in [-0.3, -0.25) is 4.90 Å². The zero-order valence-electron chi connectivity index (χ0n) is 14.4. The minimum Gasteiger partial charge on any atom is -0.494 e. The summed E-state index contributed by atoms with van der Waals surface area (Å²) < 4.78 is 5.90. The molecule has 1 atom stereocenters. The number of aliphatic hydroxyl groups is 1. The number of rotatable bonds is 6. The monoisotopic (exact) mass is 367 g/mol. The predicted molar refractivity (Wildman–Crippen MR) is 105 cm³/mol. The standard InChI is InChI=1S/C19H29NO2S2/c21-16-19(8-10-22-18-5-2-1-3-6-18)7-4-9-20(15-19)17-13-23-11-12-24-14-17/h1-3,5-6,17,21H,4,7-16H2. The van der Waals surface area contributed by atoms with Crippen LogP contribution in [0.4, 0.5) is 0 Å². The third-order valence-electron chi connectivity index (χ3n) is 5.18. The Hall–Kier alpha value is -0.360. The maximum absolute atomic E-state index is 10.1. The van der Waals surface area contributed by atoms with Crippen LogP contribution in [0.3, 0.4) is 0 Å². The summed E-state index contributed by atoms with van der Waals surface area (Å²) in [5, 5.41) is 10.1. The second-order valence-corrected chi connectivity index (χ2v) is 9.25. The van der Waals surface area contributed by atoms with E-state index in [1.54, 1.807) is 0 Å². The number of likely N-dealkylation sites (tertiary alicyclic amines) is 1. The minimum absolute atomic E-state index is 0.00860. The second kappa shape index (κ2) is 9.37. The number of para-hydroxylation sites is 1. The van der Waals surface area contributed by atoms with Gasteiger partial charge >= 0.3 is 0 Å². The number of thioether (sulfide) groups is 2. The van der Waals surface area contributed by atoms with Crippen LogP contribution in [0.25, 0.3) is 0 Å². The molecule has 0 spiro atoms. The zero-order valence-corrected chi connectivity index (χ0v) is 16.0. The highest BCUT2D eigenvalue weighted by Crippen LogP contribution is 2.35. The number of hydrogen-bond donors (Lipinski definition) is 1. The molecule has 0 radical (unpaired) electrons. The number of hydrogen-bond acceptors (Lipinski definition) is 5. The number of benzene rings is 1. The summed E-state index contributed by atoms with van der Waals surface area (Å²) in [4.78, 5) is 2.65. The van der Waals surface area contributed by atoms with Gasteiger partial charge in [0.05, 0.1) is 13.2 Å². The lowest BCUT2D eigenvalue weighted by Crippen LogP contribution is -2.51. The lowest BCUT2D eigenvalue weighted by molar-refractivity contribution is 0.00583. The Bertz CT molecular complexity index is 480. The maximum atomic E-state index is 10.1. The van der Waals surface area contributed by atoms with E-state index in [1.165, 1.54) is 36.0 Å². The van der Waals surface area contributed by atoms with E-state index in [0.29, 0.717) is 12.6 Å². The van der Waals surface area contributed by atoms with E-state index < -0.39 is 0 Å². The molecule has 0 aliphatic carbocycles. The van der Waals surface area contributed by atoms with Crippen molar-refractivity contribution >= 4 is 23.5 Å². The number of nitrogens with zero attached hydrogens (tertiary/aromatic N) is 1. The molecular weight excluding hydrogens is 338 g/mol. The average molecular weight is 368 g/mol. The molecule has 0 aromatic heterocycles. The third kappa shape index (κ3) is 5.07. The first-order valence-corrected chi connectivity index (χ1v) is 11.3. The SMILES string of the molecule is OCC1(CCOc2ccccc2)CCCN(C2CSCCSC2)C1. The van der Waals surface area contributed by atoms with Gasteiger partial charge < -0.3 is 9.84 Å². The van der Waals surface area contributed by atoms with Crippen LogP contribution >= 0.6 is 23.5 Å². The summed E-state index contributed by atoms with van der Waals surface area (Å²) in [6.07, 6.45) is 3.24. The van der Waals surface area contributed by atoms with Gasteiger partial charge in [0.1, 0.15) is 5.75 Å². The molecule has 3 nitrogen and oxygen atoms in total. The van der Waals surface area contributed by atoms with E-state index in [1.807, 2.05) is 30.3 Å². The maximum Gasteiger partial charge on any atom is 0.119 e. The first-order chi connectivity index (χ1) is 11.8. The smallest absolute Gasteiger partial charge is 0.119 e. The normalized spacial score (nSPS) is 26.9. The van der Waals surface area contributed by atoms with Crippen molar-refractivity contribution in [3.8, 4) is 5.75 Å². The topological polar surface area (TPSA) is 32.7 Å². The van der Waals surface area contributed by atoms with E-state index in [9.17, 15) is 5.11 Å². The summed E-state index contributed by atoms with van der Waals surface area (Å²) in [5.74, 6) is 5.98. The highest BCUT2D eigenvalue weighted by atomic mass is 32.2. The highest BCUT2D eigenvalue weighted by Gasteiger charge is 2.37. The van der Waals surface area contributed by atoms with Gasteiger partial charge in [-0.15, -0.1) is 0 Å². The van der Waals surface area contributed by atoms with Crippen molar-refractivity contribution in [1.29, 1.82) is 0 Å². The summed E-state index contributed by atoms with van der Waals surface area (Å²) >= 11 is 4.18. The van der Waals surface area contributed by atoms with Crippen molar-refractivity contribution in [2.45, 2.75) is 25.3 Å². The Morgan fingerprint density at radius 3 is 2.62 bits per heavy atom. The predicted octanol–water partition coefficient (Wildman–Crippen LogP) is 3.38. The Morgan fingerprint density at radius 1 is 1.17 bits per heavy atom. The van der Waals surface area contributed by atoms with Gasteiger partial charge in [0.15, 0.2) is 0 Å². The molecule has 1 aromatic rings. The summed E-state index contributed by atoms with van der Waals surface area (Å²) in [6.45, 7) is 3.17. The zero-order chi connectivity index (χ0) is 16.7. The van der Waals surface area contributed by atoms with Crippen molar-refractivity contribution in [2.24, 2.45) is 5.41 Å². The molecule has 1 N–H and O–H groups in total. The van der Waals surface area contributed by atoms with Crippen LogP contribution in [0.5, 0.6) is 5.75 Å². The van der Waals surface area contributed by atoms with E-state index in [-0.39, 0.29) is 12.0 Å². The fourth-order valence-corrected chi connectivity index (χ4v) is 6.31. The average Bonchev–Trinajstić information content (AvgIpc) is 2.92. The van der Waals surface area contributed by atoms with Gasteiger partial charge in [-0.05, 0) is 37.9 Å². The van der Waals surface area contributed by atoms with Crippen molar-refractivity contribution in [3.05, 3.63) is 30.3 Å².